The summed E-state index contributed by atoms with van der Waals surface area (Å²) < 4.78 is 0. The zero-order chi connectivity index (χ0) is 12.3. The summed E-state index contributed by atoms with van der Waals surface area (Å²) in [5.41, 5.74) is 7.44. The lowest BCUT2D eigenvalue weighted by atomic mass is 9.98. The van der Waals surface area contributed by atoms with Gasteiger partial charge in [0.25, 0.3) is 0 Å². The van der Waals surface area contributed by atoms with Crippen molar-refractivity contribution in [3.63, 3.8) is 0 Å². The van der Waals surface area contributed by atoms with Gasteiger partial charge in [0, 0.05) is 10.6 Å². The summed E-state index contributed by atoms with van der Waals surface area (Å²) in [6, 6.07) is 16.1. The molecule has 1 heteroatoms. The van der Waals surface area contributed by atoms with Gasteiger partial charge in [-0.2, -0.15) is 0 Å². The lowest BCUT2D eigenvalue weighted by Crippen LogP contribution is -1.86. The van der Waals surface area contributed by atoms with Crippen LogP contribution in [0.5, 0.6) is 0 Å². The molecule has 84 valence electrons. The van der Waals surface area contributed by atoms with Crippen molar-refractivity contribution in [2.75, 3.05) is 0 Å². The lowest BCUT2D eigenvalue weighted by Gasteiger charge is -2.06. The fourth-order valence-corrected chi connectivity index (χ4v) is 1.83. The van der Waals surface area contributed by atoms with Gasteiger partial charge in [0.2, 0.25) is 0 Å². The van der Waals surface area contributed by atoms with Crippen molar-refractivity contribution < 1.29 is 0 Å². The second kappa shape index (κ2) is 5.05. The number of halogens is 1. The van der Waals surface area contributed by atoms with E-state index < -0.39 is 0 Å². The molecule has 0 aromatic heterocycles. The van der Waals surface area contributed by atoms with Crippen LogP contribution >= 0.6 is 11.6 Å². The summed E-state index contributed by atoms with van der Waals surface area (Å²) in [5.74, 6) is 0. The molecular weight excluding hydrogens is 228 g/mol. The predicted octanol–water partition coefficient (Wildman–Crippen LogP) is 4.87. The Hall–Kier alpha value is -1.75. The number of hydrogen-bond donors (Lipinski definition) is 0. The fraction of sp³-hybridized carbons (Fsp3) is 0.0625. The van der Waals surface area contributed by atoms with Crippen molar-refractivity contribution in [2.45, 2.75) is 6.92 Å². The van der Waals surface area contributed by atoms with Gasteiger partial charge in [0.1, 0.15) is 0 Å². The third-order valence-corrected chi connectivity index (χ3v) is 2.90. The van der Waals surface area contributed by atoms with Crippen molar-refractivity contribution >= 4 is 17.2 Å². The molecule has 0 spiro atoms. The molecule has 0 amide bonds. The lowest BCUT2D eigenvalue weighted by molar-refractivity contribution is 1.45. The molecule has 0 aliphatic carbocycles. The molecule has 2 aromatic rings. The Morgan fingerprint density at radius 3 is 1.88 bits per heavy atom. The SMILES string of the molecule is C=C=C(c1ccc(C)cc1)c1ccc(Cl)cc1. The van der Waals surface area contributed by atoms with Crippen LogP contribution < -0.4 is 0 Å². The maximum Gasteiger partial charge on any atom is 0.0406 e. The molecule has 0 saturated carbocycles. The minimum Gasteiger partial charge on any atom is -0.119 e. The molecule has 2 rings (SSSR count). The molecule has 0 atom stereocenters. The Morgan fingerprint density at radius 1 is 0.941 bits per heavy atom. The molecule has 0 aliphatic rings. The third kappa shape index (κ3) is 2.68. The first-order chi connectivity index (χ1) is 8.20. The van der Waals surface area contributed by atoms with E-state index >= 15 is 0 Å². The standard InChI is InChI=1S/C16H13Cl/c1-3-16(13-6-4-12(2)5-7-13)14-8-10-15(17)11-9-14/h4-11H,1H2,2H3. The topological polar surface area (TPSA) is 0 Å². The summed E-state index contributed by atoms with van der Waals surface area (Å²) in [6.45, 7) is 5.84. The molecule has 0 fully saturated rings. The van der Waals surface area contributed by atoms with Gasteiger partial charge < -0.3 is 0 Å². The van der Waals surface area contributed by atoms with Gasteiger partial charge in [-0.05, 0) is 30.2 Å². The smallest absolute Gasteiger partial charge is 0.0406 e. The molecule has 2 aromatic carbocycles. The van der Waals surface area contributed by atoms with Crippen LogP contribution in [-0.4, -0.2) is 0 Å². The molecule has 0 nitrogen and oxygen atoms in total. The van der Waals surface area contributed by atoms with Crippen LogP contribution in [-0.2, 0) is 0 Å². The van der Waals surface area contributed by atoms with Crippen LogP contribution in [0.2, 0.25) is 5.02 Å². The van der Waals surface area contributed by atoms with Gasteiger partial charge in [0.05, 0.1) is 0 Å². The summed E-state index contributed by atoms with van der Waals surface area (Å²) >= 11 is 5.88. The van der Waals surface area contributed by atoms with Gasteiger partial charge >= 0.3 is 0 Å². The minimum absolute atomic E-state index is 0.737. The summed E-state index contributed by atoms with van der Waals surface area (Å²) in [5, 5.41) is 0.737. The quantitative estimate of drug-likeness (QED) is 0.658. The molecule has 17 heavy (non-hydrogen) atoms. The monoisotopic (exact) mass is 240 g/mol. The average Bonchev–Trinajstić information content (AvgIpc) is 2.35. The zero-order valence-corrected chi connectivity index (χ0v) is 10.5. The number of aryl methyl sites for hydroxylation is 1. The highest BCUT2D eigenvalue weighted by Gasteiger charge is 2.03. The highest BCUT2D eigenvalue weighted by atomic mass is 35.5. The van der Waals surface area contributed by atoms with E-state index in [1.807, 2.05) is 24.3 Å². The highest BCUT2D eigenvalue weighted by molar-refractivity contribution is 6.30. The molecular formula is C16H13Cl. The summed E-state index contributed by atoms with van der Waals surface area (Å²) in [6.07, 6.45) is 0. The van der Waals surface area contributed by atoms with E-state index in [4.69, 9.17) is 11.6 Å². The maximum absolute atomic E-state index is 5.88. The summed E-state index contributed by atoms with van der Waals surface area (Å²) in [7, 11) is 0. The largest absolute Gasteiger partial charge is 0.119 e. The summed E-state index contributed by atoms with van der Waals surface area (Å²) in [4.78, 5) is 0. The van der Waals surface area contributed by atoms with Crippen molar-refractivity contribution in [1.82, 2.24) is 0 Å². The Bertz CT molecular complexity index is 508. The van der Waals surface area contributed by atoms with Crippen LogP contribution in [0.1, 0.15) is 16.7 Å². The zero-order valence-electron chi connectivity index (χ0n) is 9.70. The van der Waals surface area contributed by atoms with E-state index in [0.29, 0.717) is 0 Å². The van der Waals surface area contributed by atoms with Crippen molar-refractivity contribution in [1.29, 1.82) is 0 Å². The normalized spacial score (nSPS) is 9.76. The van der Waals surface area contributed by atoms with E-state index in [1.165, 1.54) is 5.56 Å². The Balaban J connectivity index is 2.44. The number of benzene rings is 2. The van der Waals surface area contributed by atoms with Gasteiger partial charge in [-0.3, -0.25) is 0 Å². The molecule has 0 radical (unpaired) electrons. The van der Waals surface area contributed by atoms with Gasteiger partial charge in [-0.1, -0.05) is 60.1 Å². The Morgan fingerprint density at radius 2 is 1.41 bits per heavy atom. The molecule has 0 bridgehead atoms. The number of hydrogen-bond acceptors (Lipinski definition) is 0. The van der Waals surface area contributed by atoms with Crippen LogP contribution in [0.3, 0.4) is 0 Å². The van der Waals surface area contributed by atoms with Gasteiger partial charge in [-0.15, -0.1) is 5.73 Å². The first-order valence-corrected chi connectivity index (χ1v) is 5.81. The van der Waals surface area contributed by atoms with Crippen molar-refractivity contribution in [3.05, 3.63) is 82.6 Å². The molecule has 0 aliphatic heterocycles. The van der Waals surface area contributed by atoms with Gasteiger partial charge in [0.15, 0.2) is 0 Å². The highest BCUT2D eigenvalue weighted by Crippen LogP contribution is 2.23. The van der Waals surface area contributed by atoms with E-state index in [2.05, 4.69) is 43.5 Å². The minimum atomic E-state index is 0.737. The van der Waals surface area contributed by atoms with E-state index in [9.17, 15) is 0 Å². The molecule has 0 N–H and O–H groups in total. The molecule has 0 unspecified atom stereocenters. The first-order valence-electron chi connectivity index (χ1n) is 5.44. The van der Waals surface area contributed by atoms with Crippen molar-refractivity contribution in [2.24, 2.45) is 0 Å². The fourth-order valence-electron chi connectivity index (χ4n) is 1.71. The van der Waals surface area contributed by atoms with E-state index in [1.54, 1.807) is 0 Å². The second-order valence-corrected chi connectivity index (χ2v) is 4.36. The van der Waals surface area contributed by atoms with Crippen molar-refractivity contribution in [3.8, 4) is 0 Å². The van der Waals surface area contributed by atoms with Crippen LogP contribution in [0.25, 0.3) is 5.57 Å². The van der Waals surface area contributed by atoms with E-state index in [-0.39, 0.29) is 0 Å². The van der Waals surface area contributed by atoms with Gasteiger partial charge in [-0.25, -0.2) is 0 Å². The Labute approximate surface area is 107 Å². The van der Waals surface area contributed by atoms with Crippen LogP contribution in [0.4, 0.5) is 0 Å². The third-order valence-electron chi connectivity index (χ3n) is 2.65. The molecule has 0 saturated heterocycles. The Kier molecular flexibility index (Phi) is 3.49. The number of rotatable bonds is 2. The van der Waals surface area contributed by atoms with Crippen LogP contribution in [0, 0.1) is 6.92 Å². The van der Waals surface area contributed by atoms with Crippen LogP contribution in [0.15, 0.2) is 60.8 Å². The first kappa shape index (κ1) is 11.7. The second-order valence-electron chi connectivity index (χ2n) is 3.92. The maximum atomic E-state index is 5.88. The average molecular weight is 241 g/mol. The van der Waals surface area contributed by atoms with E-state index in [0.717, 1.165) is 21.7 Å². The predicted molar refractivity (Wildman–Crippen MR) is 74.3 cm³/mol. The molecule has 0 heterocycles.